The van der Waals surface area contributed by atoms with E-state index in [1.165, 1.54) is 0 Å². The molecule has 0 nitrogen and oxygen atoms in total. The van der Waals surface area contributed by atoms with E-state index in [-0.39, 0.29) is 0 Å². The minimum atomic E-state index is 0.986. The number of hydrogen-bond acceptors (Lipinski definition) is 0. The van der Waals surface area contributed by atoms with Crippen LogP contribution >= 0.6 is 0 Å². The van der Waals surface area contributed by atoms with Crippen molar-refractivity contribution in [2.24, 2.45) is 0 Å². The lowest BCUT2D eigenvalue weighted by Gasteiger charge is -1.80. The highest BCUT2D eigenvalue weighted by Crippen LogP contribution is 1.90. The normalized spacial score (nSPS) is 11.3. The van der Waals surface area contributed by atoms with Gasteiger partial charge in [-0.1, -0.05) is 37.3 Å². The van der Waals surface area contributed by atoms with Gasteiger partial charge in [0, 0.05) is 0 Å². The molecule has 0 heterocycles. The molecule has 0 bridgehead atoms. The molecule has 0 unspecified atom stereocenters. The highest BCUT2D eigenvalue weighted by molar-refractivity contribution is 4.94. The molecule has 0 heteroatoms. The van der Waals surface area contributed by atoms with Crippen molar-refractivity contribution in [3.8, 4) is 0 Å². The summed E-state index contributed by atoms with van der Waals surface area (Å²) in [6.45, 7) is 5.77. The Morgan fingerprint density at radius 1 is 1.00 bits per heavy atom. The molecule has 10 heavy (non-hydrogen) atoms. The SMILES string of the molecule is C=CC/C=C\C/C=C\CC. The van der Waals surface area contributed by atoms with E-state index in [1.807, 2.05) is 6.08 Å². The Kier molecular flexibility index (Phi) is 7.58. The van der Waals surface area contributed by atoms with Crippen molar-refractivity contribution in [1.29, 1.82) is 0 Å². The van der Waals surface area contributed by atoms with E-state index in [2.05, 4.69) is 37.8 Å². The summed E-state index contributed by atoms with van der Waals surface area (Å²) in [5.74, 6) is 0. The van der Waals surface area contributed by atoms with Gasteiger partial charge >= 0.3 is 0 Å². The molecule has 56 valence electrons. The van der Waals surface area contributed by atoms with Crippen molar-refractivity contribution >= 4 is 0 Å². The van der Waals surface area contributed by atoms with Gasteiger partial charge in [0.1, 0.15) is 0 Å². The van der Waals surface area contributed by atoms with Gasteiger partial charge in [0.15, 0.2) is 0 Å². The summed E-state index contributed by atoms with van der Waals surface area (Å²) in [6.07, 6.45) is 13.7. The Morgan fingerprint density at radius 3 is 2.20 bits per heavy atom. The molecule has 0 aliphatic rings. The maximum Gasteiger partial charge on any atom is -0.0169 e. The molecule has 0 aliphatic heterocycles. The summed E-state index contributed by atoms with van der Waals surface area (Å²) >= 11 is 0. The topological polar surface area (TPSA) is 0 Å². The predicted octanol–water partition coefficient (Wildman–Crippen LogP) is 3.48. The van der Waals surface area contributed by atoms with Gasteiger partial charge < -0.3 is 0 Å². The van der Waals surface area contributed by atoms with Crippen molar-refractivity contribution in [2.75, 3.05) is 0 Å². The first-order chi connectivity index (χ1) is 4.91. The minimum Gasteiger partial charge on any atom is -0.103 e. The Hall–Kier alpha value is -0.780. The molecule has 0 aromatic carbocycles. The zero-order valence-electron chi connectivity index (χ0n) is 6.72. The lowest BCUT2D eigenvalue weighted by atomic mass is 10.3. The molecule has 0 aromatic rings. The molecule has 0 amide bonds. The number of rotatable bonds is 5. The van der Waals surface area contributed by atoms with Gasteiger partial charge in [-0.15, -0.1) is 6.58 Å². The highest BCUT2D eigenvalue weighted by atomic mass is 13.8. The Balaban J connectivity index is 3.17. The molecule has 0 radical (unpaired) electrons. The summed E-state index contributed by atoms with van der Waals surface area (Å²) in [5.41, 5.74) is 0. The van der Waals surface area contributed by atoms with Crippen LogP contribution in [0.15, 0.2) is 37.0 Å². The van der Waals surface area contributed by atoms with Crippen molar-refractivity contribution in [1.82, 2.24) is 0 Å². The van der Waals surface area contributed by atoms with E-state index in [9.17, 15) is 0 Å². The van der Waals surface area contributed by atoms with E-state index >= 15 is 0 Å². The van der Waals surface area contributed by atoms with Crippen LogP contribution in [0.2, 0.25) is 0 Å². The summed E-state index contributed by atoms with van der Waals surface area (Å²) in [4.78, 5) is 0. The molecule has 0 N–H and O–H groups in total. The third kappa shape index (κ3) is 7.22. The second kappa shape index (κ2) is 8.22. The monoisotopic (exact) mass is 136 g/mol. The van der Waals surface area contributed by atoms with E-state index in [0.29, 0.717) is 0 Å². The number of hydrogen-bond donors (Lipinski definition) is 0. The van der Waals surface area contributed by atoms with Gasteiger partial charge in [0.2, 0.25) is 0 Å². The van der Waals surface area contributed by atoms with Crippen LogP contribution in [0.3, 0.4) is 0 Å². The van der Waals surface area contributed by atoms with E-state index in [4.69, 9.17) is 0 Å². The molecule has 0 aromatic heterocycles. The van der Waals surface area contributed by atoms with Gasteiger partial charge in [-0.25, -0.2) is 0 Å². The van der Waals surface area contributed by atoms with E-state index in [0.717, 1.165) is 19.3 Å². The van der Waals surface area contributed by atoms with Crippen LogP contribution < -0.4 is 0 Å². The largest absolute Gasteiger partial charge is 0.103 e. The smallest absolute Gasteiger partial charge is 0.0169 e. The Labute approximate surface area is 64.0 Å². The molecule has 0 atom stereocenters. The van der Waals surface area contributed by atoms with Crippen LogP contribution in [0.4, 0.5) is 0 Å². The zero-order valence-corrected chi connectivity index (χ0v) is 6.72. The lowest BCUT2D eigenvalue weighted by Crippen LogP contribution is -1.59. The Bertz CT molecular complexity index is 118. The Morgan fingerprint density at radius 2 is 1.60 bits per heavy atom. The third-order valence-corrected chi connectivity index (χ3v) is 1.14. The average Bonchev–Trinajstić information content (AvgIpc) is 1.97. The van der Waals surface area contributed by atoms with Crippen molar-refractivity contribution in [3.63, 3.8) is 0 Å². The molecule has 0 saturated carbocycles. The quantitative estimate of drug-likeness (QED) is 0.508. The standard InChI is InChI=1S/C10H16/c1-3-5-7-9-10-8-6-4-2/h3,6-9H,1,4-5,10H2,2H3/b8-6-,9-7-. The van der Waals surface area contributed by atoms with Gasteiger partial charge in [-0.05, 0) is 19.3 Å². The third-order valence-electron chi connectivity index (χ3n) is 1.14. The lowest BCUT2D eigenvalue weighted by molar-refractivity contribution is 1.19. The maximum atomic E-state index is 3.63. The highest BCUT2D eigenvalue weighted by Gasteiger charge is 1.69. The van der Waals surface area contributed by atoms with E-state index < -0.39 is 0 Å². The first kappa shape index (κ1) is 9.22. The molecule has 0 spiro atoms. The molecular weight excluding hydrogens is 120 g/mol. The van der Waals surface area contributed by atoms with Crippen LogP contribution in [0, 0.1) is 0 Å². The molecule has 0 aliphatic carbocycles. The first-order valence-corrected chi connectivity index (χ1v) is 3.82. The second-order valence-corrected chi connectivity index (χ2v) is 2.11. The summed E-state index contributed by atoms with van der Waals surface area (Å²) in [5, 5.41) is 0. The van der Waals surface area contributed by atoms with Crippen LogP contribution in [0.25, 0.3) is 0 Å². The van der Waals surface area contributed by atoms with Gasteiger partial charge in [-0.2, -0.15) is 0 Å². The predicted molar refractivity (Wildman–Crippen MR) is 48.0 cm³/mol. The van der Waals surface area contributed by atoms with Gasteiger partial charge in [-0.3, -0.25) is 0 Å². The van der Waals surface area contributed by atoms with Crippen LogP contribution in [0.1, 0.15) is 26.2 Å². The zero-order chi connectivity index (χ0) is 7.66. The molecular formula is C10H16. The van der Waals surface area contributed by atoms with Crippen LogP contribution in [-0.4, -0.2) is 0 Å². The summed E-state index contributed by atoms with van der Waals surface area (Å²) in [6, 6.07) is 0. The van der Waals surface area contributed by atoms with Crippen LogP contribution in [-0.2, 0) is 0 Å². The average molecular weight is 136 g/mol. The van der Waals surface area contributed by atoms with Crippen molar-refractivity contribution in [2.45, 2.75) is 26.2 Å². The molecule has 0 fully saturated rings. The van der Waals surface area contributed by atoms with Crippen molar-refractivity contribution < 1.29 is 0 Å². The van der Waals surface area contributed by atoms with Gasteiger partial charge in [0.25, 0.3) is 0 Å². The summed E-state index contributed by atoms with van der Waals surface area (Å²) < 4.78 is 0. The minimum absolute atomic E-state index is 0.986. The molecule has 0 rings (SSSR count). The van der Waals surface area contributed by atoms with Crippen molar-refractivity contribution in [3.05, 3.63) is 37.0 Å². The molecule has 0 saturated heterocycles. The first-order valence-electron chi connectivity index (χ1n) is 3.82. The second-order valence-electron chi connectivity index (χ2n) is 2.11. The fourth-order valence-electron chi connectivity index (χ4n) is 0.630. The fourth-order valence-corrected chi connectivity index (χ4v) is 0.630. The van der Waals surface area contributed by atoms with Gasteiger partial charge in [0.05, 0.1) is 0 Å². The number of allylic oxidation sites excluding steroid dienone is 5. The fraction of sp³-hybridized carbons (Fsp3) is 0.400. The summed E-state index contributed by atoms with van der Waals surface area (Å²) in [7, 11) is 0. The van der Waals surface area contributed by atoms with E-state index in [1.54, 1.807) is 0 Å². The van der Waals surface area contributed by atoms with Crippen LogP contribution in [0.5, 0.6) is 0 Å². The maximum absolute atomic E-state index is 3.63.